The highest BCUT2D eigenvalue weighted by Gasteiger charge is 2.27. The first kappa shape index (κ1) is 14.6. The van der Waals surface area contributed by atoms with E-state index in [4.69, 9.17) is 0 Å². The van der Waals surface area contributed by atoms with E-state index in [0.717, 1.165) is 0 Å². The zero-order valence-electron chi connectivity index (χ0n) is 11.6. The van der Waals surface area contributed by atoms with Gasteiger partial charge in [0.15, 0.2) is 0 Å². The quantitative estimate of drug-likeness (QED) is 0.673. The molecule has 1 aromatic carbocycles. The second-order valence-corrected chi connectivity index (χ2v) is 4.10. The van der Waals surface area contributed by atoms with Gasteiger partial charge in [0.1, 0.15) is 12.1 Å². The van der Waals surface area contributed by atoms with Crippen molar-refractivity contribution in [2.24, 2.45) is 0 Å². The van der Waals surface area contributed by atoms with Crippen molar-refractivity contribution in [3.8, 4) is 0 Å². The van der Waals surface area contributed by atoms with Crippen LogP contribution in [0.1, 0.15) is 6.92 Å². The van der Waals surface area contributed by atoms with Gasteiger partial charge in [-0.2, -0.15) is 0 Å². The fourth-order valence-corrected chi connectivity index (χ4v) is 2.02. The summed E-state index contributed by atoms with van der Waals surface area (Å²) < 4.78 is 14.0. The van der Waals surface area contributed by atoms with Gasteiger partial charge in [0, 0.05) is 13.6 Å². The van der Waals surface area contributed by atoms with Crippen molar-refractivity contribution in [2.75, 3.05) is 23.8 Å². The molecule has 0 radical (unpaired) electrons. The minimum absolute atomic E-state index is 0.0481. The van der Waals surface area contributed by atoms with Crippen LogP contribution in [-0.2, 0) is 0 Å². The predicted molar refractivity (Wildman–Crippen MR) is 77.3 cm³/mol. The standard InChI is InChI=1S/C13H14FN5O2/c1-3-18(10-7-5-4-6-9(10)14)13-11(19(20)21)12(15-2)16-8-17-13/h4-8H,3H2,1-2H3,(H,15,16,17). The third-order valence-electron chi connectivity index (χ3n) is 2.94. The van der Waals surface area contributed by atoms with Gasteiger partial charge in [-0.05, 0) is 19.1 Å². The van der Waals surface area contributed by atoms with Crippen LogP contribution in [-0.4, -0.2) is 28.5 Å². The lowest BCUT2D eigenvalue weighted by Crippen LogP contribution is -2.20. The molecule has 0 aliphatic carbocycles. The number of halogens is 1. The van der Waals surface area contributed by atoms with Gasteiger partial charge in [0.2, 0.25) is 11.6 Å². The first-order valence-corrected chi connectivity index (χ1v) is 6.29. The molecule has 21 heavy (non-hydrogen) atoms. The fourth-order valence-electron chi connectivity index (χ4n) is 2.02. The molecule has 0 aliphatic heterocycles. The Morgan fingerprint density at radius 3 is 2.67 bits per heavy atom. The average Bonchev–Trinajstić information content (AvgIpc) is 2.49. The highest BCUT2D eigenvalue weighted by atomic mass is 19.1. The van der Waals surface area contributed by atoms with Gasteiger partial charge < -0.3 is 10.2 Å². The number of anilines is 3. The smallest absolute Gasteiger partial charge is 0.353 e. The van der Waals surface area contributed by atoms with E-state index in [1.165, 1.54) is 24.3 Å². The van der Waals surface area contributed by atoms with Gasteiger partial charge in [-0.1, -0.05) is 12.1 Å². The van der Waals surface area contributed by atoms with Crippen molar-refractivity contribution in [2.45, 2.75) is 6.92 Å². The van der Waals surface area contributed by atoms with E-state index in [2.05, 4.69) is 15.3 Å². The SMILES string of the molecule is CCN(c1ccccc1F)c1ncnc(NC)c1[N+](=O)[O-]. The Morgan fingerprint density at radius 2 is 2.10 bits per heavy atom. The lowest BCUT2D eigenvalue weighted by Gasteiger charge is -2.22. The van der Waals surface area contributed by atoms with E-state index >= 15 is 0 Å². The second-order valence-electron chi connectivity index (χ2n) is 4.10. The summed E-state index contributed by atoms with van der Waals surface area (Å²) in [7, 11) is 1.53. The maximum absolute atomic E-state index is 14.0. The summed E-state index contributed by atoms with van der Waals surface area (Å²) in [5.74, 6) is -0.343. The van der Waals surface area contributed by atoms with Crippen LogP contribution in [0.3, 0.4) is 0 Å². The molecule has 0 amide bonds. The molecule has 0 fully saturated rings. The Hall–Kier alpha value is -2.77. The summed E-state index contributed by atoms with van der Waals surface area (Å²) in [6, 6.07) is 6.06. The molecule has 110 valence electrons. The van der Waals surface area contributed by atoms with Crippen molar-refractivity contribution in [1.82, 2.24) is 9.97 Å². The number of hydrogen-bond donors (Lipinski definition) is 1. The van der Waals surface area contributed by atoms with Gasteiger partial charge >= 0.3 is 5.69 Å². The lowest BCUT2D eigenvalue weighted by molar-refractivity contribution is -0.383. The Morgan fingerprint density at radius 1 is 1.38 bits per heavy atom. The average molecular weight is 291 g/mol. The fraction of sp³-hybridized carbons (Fsp3) is 0.231. The number of nitrogens with zero attached hydrogens (tertiary/aromatic N) is 4. The van der Waals surface area contributed by atoms with Crippen molar-refractivity contribution in [1.29, 1.82) is 0 Å². The molecule has 0 unspecified atom stereocenters. The Labute approximate surface area is 120 Å². The molecule has 2 aromatic rings. The van der Waals surface area contributed by atoms with Gasteiger partial charge in [-0.15, -0.1) is 0 Å². The third kappa shape index (κ3) is 2.73. The summed E-state index contributed by atoms with van der Waals surface area (Å²) in [4.78, 5) is 20.0. The molecule has 0 saturated carbocycles. The molecular weight excluding hydrogens is 277 g/mol. The summed E-state index contributed by atoms with van der Waals surface area (Å²) in [5, 5.41) is 14.0. The van der Waals surface area contributed by atoms with Crippen molar-refractivity contribution < 1.29 is 9.31 Å². The molecule has 0 spiro atoms. The number of aromatic nitrogens is 2. The normalized spacial score (nSPS) is 10.2. The molecule has 8 heteroatoms. The molecule has 1 N–H and O–H groups in total. The van der Waals surface area contributed by atoms with Crippen LogP contribution in [0.2, 0.25) is 0 Å². The minimum Gasteiger partial charge on any atom is -0.367 e. The van der Waals surface area contributed by atoms with E-state index in [9.17, 15) is 14.5 Å². The monoisotopic (exact) mass is 291 g/mol. The van der Waals surface area contributed by atoms with Crippen molar-refractivity contribution in [3.63, 3.8) is 0 Å². The Balaban J connectivity index is 2.63. The maximum Gasteiger partial charge on any atom is 0.353 e. The molecule has 0 aliphatic rings. The second kappa shape index (κ2) is 6.12. The Bertz CT molecular complexity index is 665. The van der Waals surface area contributed by atoms with Gasteiger partial charge in [-0.25, -0.2) is 14.4 Å². The van der Waals surface area contributed by atoms with Gasteiger partial charge in [-0.3, -0.25) is 10.1 Å². The number of para-hydroxylation sites is 1. The van der Waals surface area contributed by atoms with Crippen LogP contribution >= 0.6 is 0 Å². The lowest BCUT2D eigenvalue weighted by atomic mass is 10.2. The highest BCUT2D eigenvalue weighted by molar-refractivity contribution is 5.75. The first-order chi connectivity index (χ1) is 10.1. The molecule has 1 heterocycles. The number of nitro groups is 1. The molecule has 0 atom stereocenters. The van der Waals surface area contributed by atoms with Crippen LogP contribution < -0.4 is 10.2 Å². The maximum atomic E-state index is 14.0. The van der Waals surface area contributed by atoms with Crippen LogP contribution in [0.4, 0.5) is 27.4 Å². The zero-order chi connectivity index (χ0) is 15.4. The molecule has 1 aromatic heterocycles. The van der Waals surface area contributed by atoms with Crippen LogP contribution in [0, 0.1) is 15.9 Å². The van der Waals surface area contributed by atoms with Crippen LogP contribution in [0.25, 0.3) is 0 Å². The van der Waals surface area contributed by atoms with E-state index < -0.39 is 10.7 Å². The van der Waals surface area contributed by atoms with Crippen LogP contribution in [0.15, 0.2) is 30.6 Å². The number of benzene rings is 1. The van der Waals surface area contributed by atoms with E-state index in [1.807, 2.05) is 0 Å². The van der Waals surface area contributed by atoms with Crippen molar-refractivity contribution >= 4 is 23.0 Å². The number of hydrogen-bond acceptors (Lipinski definition) is 6. The molecule has 0 bridgehead atoms. The highest BCUT2D eigenvalue weighted by Crippen LogP contribution is 2.36. The number of nitrogens with one attached hydrogen (secondary N) is 1. The Kier molecular flexibility index (Phi) is 4.27. The van der Waals surface area contributed by atoms with E-state index in [1.54, 1.807) is 25.1 Å². The summed E-state index contributed by atoms with van der Waals surface area (Å²) in [6.07, 6.45) is 1.21. The molecule has 7 nitrogen and oxygen atoms in total. The zero-order valence-corrected chi connectivity index (χ0v) is 11.6. The summed E-state index contributed by atoms with van der Waals surface area (Å²) >= 11 is 0. The third-order valence-corrected chi connectivity index (χ3v) is 2.94. The molecular formula is C13H14FN5O2. The van der Waals surface area contributed by atoms with Gasteiger partial charge in [0.25, 0.3) is 0 Å². The largest absolute Gasteiger partial charge is 0.367 e. The molecule has 2 rings (SSSR count). The first-order valence-electron chi connectivity index (χ1n) is 6.29. The van der Waals surface area contributed by atoms with Crippen molar-refractivity contribution in [3.05, 3.63) is 46.5 Å². The summed E-state index contributed by atoms with van der Waals surface area (Å²) in [5.41, 5.74) is -0.0612. The number of rotatable bonds is 5. The van der Waals surface area contributed by atoms with Crippen LogP contribution in [0.5, 0.6) is 0 Å². The predicted octanol–water partition coefficient (Wildman–Crippen LogP) is 2.72. The van der Waals surface area contributed by atoms with E-state index in [-0.39, 0.29) is 23.0 Å². The minimum atomic E-state index is -0.579. The summed E-state index contributed by atoms with van der Waals surface area (Å²) in [6.45, 7) is 2.08. The van der Waals surface area contributed by atoms with E-state index in [0.29, 0.717) is 6.54 Å². The topological polar surface area (TPSA) is 84.2 Å². The molecule has 0 saturated heterocycles. The van der Waals surface area contributed by atoms with Gasteiger partial charge in [0.05, 0.1) is 10.6 Å².